The number of benzene rings is 1. The van der Waals surface area contributed by atoms with Gasteiger partial charge in [-0.15, -0.1) is 0 Å². The van der Waals surface area contributed by atoms with Crippen molar-refractivity contribution < 1.29 is 14.3 Å². The van der Waals surface area contributed by atoms with Crippen LogP contribution in [-0.2, 0) is 0 Å². The maximum atomic E-state index is 11.0. The van der Waals surface area contributed by atoms with Crippen molar-refractivity contribution in [2.24, 2.45) is 0 Å². The van der Waals surface area contributed by atoms with E-state index in [9.17, 15) is 4.79 Å². The molecule has 1 aromatic carbocycles. The molecule has 0 atom stereocenters. The van der Waals surface area contributed by atoms with Crippen molar-refractivity contribution in [3.63, 3.8) is 0 Å². The number of carbonyl (C=O) groups excluding carboxylic acids is 1. The van der Waals surface area contributed by atoms with Crippen molar-refractivity contribution in [1.82, 2.24) is 5.32 Å². The number of rotatable bonds is 2. The Morgan fingerprint density at radius 3 is 2.72 bits per heavy atom. The average Bonchev–Trinajstić information content (AvgIpc) is 2.88. The minimum Gasteiger partial charge on any atom is -0.453 e. The van der Waals surface area contributed by atoms with Gasteiger partial charge in [-0.3, -0.25) is 4.79 Å². The second-order valence-electron chi connectivity index (χ2n) is 4.57. The third kappa shape index (κ3) is 1.85. The second-order valence-corrected chi connectivity index (χ2v) is 4.98. The third-order valence-electron chi connectivity index (χ3n) is 3.56. The molecule has 0 spiro atoms. The molecule has 1 aromatic rings. The highest BCUT2D eigenvalue weighted by Gasteiger charge is 2.28. The summed E-state index contributed by atoms with van der Waals surface area (Å²) in [6.07, 6.45) is 2.82. The number of hydrogen-bond donors (Lipinski definition) is 1. The first-order valence-electron chi connectivity index (χ1n) is 6.09. The lowest BCUT2D eigenvalue weighted by Crippen LogP contribution is -2.26. The molecule has 3 rings (SSSR count). The lowest BCUT2D eigenvalue weighted by molar-refractivity contribution is 0.111. The fourth-order valence-corrected chi connectivity index (χ4v) is 2.88. The fourth-order valence-electron chi connectivity index (χ4n) is 2.63. The molecule has 5 heteroatoms. The molecule has 0 aliphatic carbocycles. The number of halogens is 1. The van der Waals surface area contributed by atoms with E-state index in [0.29, 0.717) is 28.0 Å². The molecule has 2 aliphatic heterocycles. The summed E-state index contributed by atoms with van der Waals surface area (Å²) in [7, 11) is 0. The molecule has 18 heavy (non-hydrogen) atoms. The fraction of sp³-hybridized carbons (Fsp3) is 0.462. The summed E-state index contributed by atoms with van der Waals surface area (Å²) in [5.41, 5.74) is 1.46. The zero-order valence-electron chi connectivity index (χ0n) is 9.87. The predicted molar refractivity (Wildman–Crippen MR) is 67.8 cm³/mol. The van der Waals surface area contributed by atoms with E-state index in [1.807, 2.05) is 6.07 Å². The Hall–Kier alpha value is -1.26. The van der Waals surface area contributed by atoms with E-state index in [1.165, 1.54) is 0 Å². The molecule has 0 aromatic heterocycles. The van der Waals surface area contributed by atoms with E-state index in [0.717, 1.165) is 37.8 Å². The Morgan fingerprint density at radius 1 is 1.28 bits per heavy atom. The second kappa shape index (κ2) is 4.78. The molecule has 96 valence electrons. The van der Waals surface area contributed by atoms with E-state index in [2.05, 4.69) is 5.32 Å². The first kappa shape index (κ1) is 11.8. The average molecular weight is 268 g/mol. The van der Waals surface area contributed by atoms with Gasteiger partial charge in [-0.2, -0.15) is 0 Å². The largest absolute Gasteiger partial charge is 0.453 e. The highest BCUT2D eigenvalue weighted by molar-refractivity contribution is 6.33. The Balaban J connectivity index is 2.07. The van der Waals surface area contributed by atoms with Gasteiger partial charge in [0.2, 0.25) is 6.79 Å². The maximum absolute atomic E-state index is 11.0. The number of fused-ring (bicyclic) bond motifs is 1. The van der Waals surface area contributed by atoms with Crippen LogP contribution >= 0.6 is 11.6 Å². The van der Waals surface area contributed by atoms with E-state index in [-0.39, 0.29) is 6.79 Å². The number of hydrogen-bond acceptors (Lipinski definition) is 4. The van der Waals surface area contributed by atoms with E-state index in [1.54, 1.807) is 0 Å². The standard InChI is InChI=1S/C13H14ClNO3/c14-11-5-9(8-1-3-15-4-2-8)12-13(10(11)6-16)18-7-17-12/h5-6,8,15H,1-4,7H2. The monoisotopic (exact) mass is 267 g/mol. The minimum absolute atomic E-state index is 0.161. The zero-order chi connectivity index (χ0) is 12.5. The topological polar surface area (TPSA) is 47.6 Å². The lowest BCUT2D eigenvalue weighted by Gasteiger charge is -2.24. The van der Waals surface area contributed by atoms with Crippen LogP contribution in [-0.4, -0.2) is 26.2 Å². The van der Waals surface area contributed by atoms with Crippen LogP contribution in [0.25, 0.3) is 0 Å². The molecule has 0 amide bonds. The van der Waals surface area contributed by atoms with Crippen LogP contribution in [0.1, 0.15) is 34.7 Å². The summed E-state index contributed by atoms with van der Waals surface area (Å²) in [6, 6.07) is 1.86. The molecule has 0 saturated carbocycles. The smallest absolute Gasteiger partial charge is 0.231 e. The van der Waals surface area contributed by atoms with Gasteiger partial charge in [0.1, 0.15) is 0 Å². The van der Waals surface area contributed by atoms with Crippen LogP contribution in [0.4, 0.5) is 0 Å². The third-order valence-corrected chi connectivity index (χ3v) is 3.87. The van der Waals surface area contributed by atoms with Gasteiger partial charge in [-0.25, -0.2) is 0 Å². The SMILES string of the molecule is O=Cc1c(Cl)cc(C2CCNCC2)c2c1OCO2. The van der Waals surface area contributed by atoms with Crippen molar-refractivity contribution in [2.45, 2.75) is 18.8 Å². The Labute approximate surface area is 110 Å². The van der Waals surface area contributed by atoms with Gasteiger partial charge in [0.05, 0.1) is 10.6 Å². The predicted octanol–water partition coefficient (Wildman–Crippen LogP) is 2.35. The van der Waals surface area contributed by atoms with Gasteiger partial charge in [0, 0.05) is 5.56 Å². The molecule has 0 unspecified atom stereocenters. The van der Waals surface area contributed by atoms with Crippen molar-refractivity contribution in [3.8, 4) is 11.5 Å². The molecule has 1 saturated heterocycles. The van der Waals surface area contributed by atoms with Crippen LogP contribution in [0.5, 0.6) is 11.5 Å². The first-order valence-corrected chi connectivity index (χ1v) is 6.47. The number of nitrogens with one attached hydrogen (secondary N) is 1. The van der Waals surface area contributed by atoms with E-state index in [4.69, 9.17) is 21.1 Å². The highest BCUT2D eigenvalue weighted by Crippen LogP contribution is 2.46. The number of ether oxygens (including phenoxy) is 2. The van der Waals surface area contributed by atoms with Crippen LogP contribution in [0.3, 0.4) is 0 Å². The molecule has 2 heterocycles. The van der Waals surface area contributed by atoms with Crippen molar-refractivity contribution in [3.05, 3.63) is 22.2 Å². The maximum Gasteiger partial charge on any atom is 0.231 e. The molecule has 0 radical (unpaired) electrons. The Kier molecular flexibility index (Phi) is 3.14. The number of aldehydes is 1. The Bertz CT molecular complexity index is 484. The van der Waals surface area contributed by atoms with Crippen molar-refractivity contribution >= 4 is 17.9 Å². The van der Waals surface area contributed by atoms with Crippen LogP contribution < -0.4 is 14.8 Å². The summed E-state index contributed by atoms with van der Waals surface area (Å²) < 4.78 is 10.9. The van der Waals surface area contributed by atoms with Crippen LogP contribution in [0.2, 0.25) is 5.02 Å². The number of piperidine rings is 1. The molecular weight excluding hydrogens is 254 g/mol. The van der Waals surface area contributed by atoms with Gasteiger partial charge >= 0.3 is 0 Å². The zero-order valence-corrected chi connectivity index (χ0v) is 10.6. The van der Waals surface area contributed by atoms with Crippen LogP contribution in [0.15, 0.2) is 6.07 Å². The highest BCUT2D eigenvalue weighted by atomic mass is 35.5. The molecule has 1 fully saturated rings. The molecule has 4 nitrogen and oxygen atoms in total. The van der Waals surface area contributed by atoms with E-state index >= 15 is 0 Å². The molecular formula is C13H14ClNO3. The minimum atomic E-state index is 0.161. The summed E-state index contributed by atoms with van der Waals surface area (Å²) in [4.78, 5) is 11.0. The summed E-state index contributed by atoms with van der Waals surface area (Å²) in [6.45, 7) is 2.15. The van der Waals surface area contributed by atoms with Gasteiger partial charge in [0.25, 0.3) is 0 Å². The van der Waals surface area contributed by atoms with Crippen molar-refractivity contribution in [2.75, 3.05) is 19.9 Å². The van der Waals surface area contributed by atoms with E-state index < -0.39 is 0 Å². The lowest BCUT2D eigenvalue weighted by atomic mass is 9.88. The summed E-state index contributed by atoms with van der Waals surface area (Å²) in [5.74, 6) is 1.62. The molecule has 1 N–H and O–H groups in total. The quantitative estimate of drug-likeness (QED) is 0.836. The van der Waals surface area contributed by atoms with Gasteiger partial charge in [0.15, 0.2) is 17.8 Å². The molecule has 2 aliphatic rings. The van der Waals surface area contributed by atoms with Gasteiger partial charge in [-0.1, -0.05) is 11.6 Å². The van der Waals surface area contributed by atoms with Gasteiger partial charge in [-0.05, 0) is 37.9 Å². The summed E-state index contributed by atoms with van der Waals surface area (Å²) in [5, 5.41) is 3.78. The normalized spacial score (nSPS) is 18.9. The van der Waals surface area contributed by atoms with Crippen molar-refractivity contribution in [1.29, 1.82) is 0 Å². The number of carbonyl (C=O) groups is 1. The molecule has 0 bridgehead atoms. The van der Waals surface area contributed by atoms with Crippen LogP contribution in [0, 0.1) is 0 Å². The summed E-state index contributed by atoms with van der Waals surface area (Å²) >= 11 is 6.15. The Morgan fingerprint density at radius 2 is 2.00 bits per heavy atom. The van der Waals surface area contributed by atoms with Gasteiger partial charge < -0.3 is 14.8 Å². The first-order chi connectivity index (χ1) is 8.81.